The molecule has 1 aromatic carbocycles. The van der Waals surface area contributed by atoms with E-state index in [1.54, 1.807) is 6.07 Å². The summed E-state index contributed by atoms with van der Waals surface area (Å²) >= 11 is 0. The van der Waals surface area contributed by atoms with Crippen LogP contribution in [0.3, 0.4) is 0 Å². The molecule has 0 spiro atoms. The molecule has 0 aliphatic carbocycles. The lowest BCUT2D eigenvalue weighted by atomic mass is 10.1. The predicted octanol–water partition coefficient (Wildman–Crippen LogP) is 2.74. The van der Waals surface area contributed by atoms with E-state index in [4.69, 9.17) is 4.74 Å². The molecule has 0 saturated carbocycles. The van der Waals surface area contributed by atoms with Gasteiger partial charge in [0.2, 0.25) is 0 Å². The summed E-state index contributed by atoms with van der Waals surface area (Å²) in [5.41, 5.74) is 1.54. The minimum atomic E-state index is -0.376. The molecule has 17 heavy (non-hydrogen) atoms. The Hall–Kier alpha value is -1.62. The Balaban J connectivity index is 2.66. The number of hydrogen-bond acceptors (Lipinski definition) is 4. The first kappa shape index (κ1) is 13.4. The largest absolute Gasteiger partial charge is 0.377 e. The van der Waals surface area contributed by atoms with Gasteiger partial charge < -0.3 is 10.1 Å². The number of para-hydroxylation sites is 1. The standard InChI is InChI=1S/C12H18N2O3/c1-9(2)17-8-7-13-12-10(3)5-4-6-11(12)14(15)16/h4-6,9,13H,7-8H2,1-3H3. The second kappa shape index (κ2) is 6.20. The highest BCUT2D eigenvalue weighted by atomic mass is 16.6. The number of nitro groups is 1. The Morgan fingerprint density at radius 3 is 2.76 bits per heavy atom. The van der Waals surface area contributed by atoms with E-state index < -0.39 is 0 Å². The lowest BCUT2D eigenvalue weighted by Gasteiger charge is -2.11. The van der Waals surface area contributed by atoms with Crippen molar-refractivity contribution in [2.45, 2.75) is 26.9 Å². The molecule has 1 rings (SSSR count). The summed E-state index contributed by atoms with van der Waals surface area (Å²) in [6, 6.07) is 5.03. The zero-order chi connectivity index (χ0) is 12.8. The fraction of sp³-hybridized carbons (Fsp3) is 0.500. The van der Waals surface area contributed by atoms with Crippen molar-refractivity contribution in [3.05, 3.63) is 33.9 Å². The molecule has 5 nitrogen and oxygen atoms in total. The highest BCUT2D eigenvalue weighted by Crippen LogP contribution is 2.27. The van der Waals surface area contributed by atoms with Crippen LogP contribution in [-0.4, -0.2) is 24.2 Å². The third-order valence-electron chi connectivity index (χ3n) is 2.30. The quantitative estimate of drug-likeness (QED) is 0.470. The fourth-order valence-electron chi connectivity index (χ4n) is 1.51. The number of nitrogens with zero attached hydrogens (tertiary/aromatic N) is 1. The molecule has 5 heteroatoms. The molecule has 0 fully saturated rings. The molecule has 0 aliphatic rings. The maximum atomic E-state index is 10.8. The molecule has 94 valence electrons. The van der Waals surface area contributed by atoms with Gasteiger partial charge in [0.15, 0.2) is 0 Å². The van der Waals surface area contributed by atoms with E-state index in [0.29, 0.717) is 18.8 Å². The Labute approximate surface area is 101 Å². The molecule has 0 radical (unpaired) electrons. The number of nitro benzene ring substituents is 1. The van der Waals surface area contributed by atoms with Crippen molar-refractivity contribution in [2.75, 3.05) is 18.5 Å². The van der Waals surface area contributed by atoms with Gasteiger partial charge >= 0.3 is 0 Å². The van der Waals surface area contributed by atoms with Crippen molar-refractivity contribution in [1.29, 1.82) is 0 Å². The summed E-state index contributed by atoms with van der Waals surface area (Å²) in [4.78, 5) is 10.5. The molecule has 0 aliphatic heterocycles. The van der Waals surface area contributed by atoms with Gasteiger partial charge in [-0.15, -0.1) is 0 Å². The highest BCUT2D eigenvalue weighted by Gasteiger charge is 2.14. The van der Waals surface area contributed by atoms with Gasteiger partial charge in [0.1, 0.15) is 5.69 Å². The molecule has 1 aromatic rings. The molecule has 0 aromatic heterocycles. The van der Waals surface area contributed by atoms with Crippen LogP contribution in [0, 0.1) is 17.0 Å². The van der Waals surface area contributed by atoms with Crippen molar-refractivity contribution in [3.63, 3.8) is 0 Å². The van der Waals surface area contributed by atoms with E-state index in [0.717, 1.165) is 5.56 Å². The van der Waals surface area contributed by atoms with Crippen molar-refractivity contribution >= 4 is 11.4 Å². The molecule has 0 bridgehead atoms. The molecule has 1 N–H and O–H groups in total. The number of rotatable bonds is 6. The van der Waals surface area contributed by atoms with Crippen LogP contribution >= 0.6 is 0 Å². The van der Waals surface area contributed by atoms with E-state index in [2.05, 4.69) is 5.32 Å². The average Bonchev–Trinajstić information content (AvgIpc) is 2.25. The van der Waals surface area contributed by atoms with Crippen LogP contribution in [0.2, 0.25) is 0 Å². The van der Waals surface area contributed by atoms with Gasteiger partial charge in [-0.05, 0) is 26.3 Å². The molecular formula is C12H18N2O3. The van der Waals surface area contributed by atoms with E-state index in [1.165, 1.54) is 6.07 Å². The zero-order valence-electron chi connectivity index (χ0n) is 10.4. The third-order valence-corrected chi connectivity index (χ3v) is 2.30. The lowest BCUT2D eigenvalue weighted by molar-refractivity contribution is -0.384. The Morgan fingerprint density at radius 2 is 2.18 bits per heavy atom. The maximum Gasteiger partial charge on any atom is 0.292 e. The molecule has 0 heterocycles. The molecular weight excluding hydrogens is 220 g/mol. The van der Waals surface area contributed by atoms with Crippen LogP contribution in [-0.2, 0) is 4.74 Å². The fourth-order valence-corrected chi connectivity index (χ4v) is 1.51. The average molecular weight is 238 g/mol. The number of nitrogens with one attached hydrogen (secondary N) is 1. The summed E-state index contributed by atoms with van der Waals surface area (Å²) in [5.74, 6) is 0. The summed E-state index contributed by atoms with van der Waals surface area (Å²) in [6.45, 7) is 6.85. The van der Waals surface area contributed by atoms with Crippen LogP contribution in [0.4, 0.5) is 11.4 Å². The second-order valence-corrected chi connectivity index (χ2v) is 4.07. The molecule has 0 atom stereocenters. The minimum Gasteiger partial charge on any atom is -0.377 e. The van der Waals surface area contributed by atoms with Gasteiger partial charge in [0.05, 0.1) is 17.6 Å². The van der Waals surface area contributed by atoms with E-state index >= 15 is 0 Å². The van der Waals surface area contributed by atoms with Gasteiger partial charge in [-0.25, -0.2) is 0 Å². The second-order valence-electron chi connectivity index (χ2n) is 4.07. The van der Waals surface area contributed by atoms with Crippen LogP contribution in [0.15, 0.2) is 18.2 Å². The third kappa shape index (κ3) is 4.03. The Bertz CT molecular complexity index is 391. The van der Waals surface area contributed by atoms with Crippen LogP contribution in [0.25, 0.3) is 0 Å². The van der Waals surface area contributed by atoms with Crippen LogP contribution in [0.5, 0.6) is 0 Å². The van der Waals surface area contributed by atoms with Crippen LogP contribution in [0.1, 0.15) is 19.4 Å². The first-order valence-corrected chi connectivity index (χ1v) is 5.62. The number of ether oxygens (including phenoxy) is 1. The summed E-state index contributed by atoms with van der Waals surface area (Å²) < 4.78 is 5.37. The maximum absolute atomic E-state index is 10.8. The monoisotopic (exact) mass is 238 g/mol. The Morgan fingerprint density at radius 1 is 1.47 bits per heavy atom. The summed E-state index contributed by atoms with van der Waals surface area (Å²) in [6.07, 6.45) is 0.170. The zero-order valence-corrected chi connectivity index (χ0v) is 10.4. The van der Waals surface area contributed by atoms with Gasteiger partial charge in [0, 0.05) is 12.6 Å². The van der Waals surface area contributed by atoms with Crippen LogP contribution < -0.4 is 5.32 Å². The van der Waals surface area contributed by atoms with Crippen molar-refractivity contribution in [1.82, 2.24) is 0 Å². The predicted molar refractivity (Wildman–Crippen MR) is 67.4 cm³/mol. The van der Waals surface area contributed by atoms with E-state index in [9.17, 15) is 10.1 Å². The lowest BCUT2D eigenvalue weighted by Crippen LogP contribution is -2.14. The van der Waals surface area contributed by atoms with Crippen molar-refractivity contribution < 1.29 is 9.66 Å². The van der Waals surface area contributed by atoms with Gasteiger partial charge in [-0.1, -0.05) is 12.1 Å². The number of aryl methyl sites for hydroxylation is 1. The number of hydrogen-bond donors (Lipinski definition) is 1. The van der Waals surface area contributed by atoms with Crippen molar-refractivity contribution in [2.24, 2.45) is 0 Å². The molecule has 0 saturated heterocycles. The van der Waals surface area contributed by atoms with Gasteiger partial charge in [-0.3, -0.25) is 10.1 Å². The normalized spacial score (nSPS) is 10.6. The first-order chi connectivity index (χ1) is 8.02. The Kier molecular flexibility index (Phi) is 4.90. The van der Waals surface area contributed by atoms with Gasteiger partial charge in [0.25, 0.3) is 5.69 Å². The minimum absolute atomic E-state index is 0.106. The topological polar surface area (TPSA) is 64.4 Å². The number of benzene rings is 1. The van der Waals surface area contributed by atoms with Gasteiger partial charge in [-0.2, -0.15) is 0 Å². The van der Waals surface area contributed by atoms with E-state index in [1.807, 2.05) is 26.8 Å². The summed E-state index contributed by atoms with van der Waals surface area (Å²) in [5, 5.41) is 13.9. The molecule has 0 amide bonds. The van der Waals surface area contributed by atoms with E-state index in [-0.39, 0.29) is 16.7 Å². The molecule has 0 unspecified atom stereocenters. The highest BCUT2D eigenvalue weighted by molar-refractivity contribution is 5.65. The SMILES string of the molecule is Cc1cccc([N+](=O)[O-])c1NCCOC(C)C. The smallest absolute Gasteiger partial charge is 0.292 e. The number of anilines is 1. The summed E-state index contributed by atoms with van der Waals surface area (Å²) in [7, 11) is 0. The first-order valence-electron chi connectivity index (χ1n) is 5.62. The van der Waals surface area contributed by atoms with Crippen molar-refractivity contribution in [3.8, 4) is 0 Å².